The number of rotatable bonds is 10. The molecule has 0 aliphatic carbocycles. The van der Waals surface area contributed by atoms with Gasteiger partial charge < -0.3 is 5.73 Å². The van der Waals surface area contributed by atoms with Crippen molar-refractivity contribution in [2.75, 3.05) is 6.54 Å². The van der Waals surface area contributed by atoms with Crippen LogP contribution in [0.4, 0.5) is 0 Å². The fourth-order valence-electron chi connectivity index (χ4n) is 1.72. The Morgan fingerprint density at radius 1 is 1.00 bits per heavy atom. The fourth-order valence-corrected chi connectivity index (χ4v) is 1.72. The summed E-state index contributed by atoms with van der Waals surface area (Å²) in [4.78, 5) is 0. The molecule has 15 heavy (non-hydrogen) atoms. The van der Waals surface area contributed by atoms with Crippen LogP contribution >= 0.6 is 0 Å². The van der Waals surface area contributed by atoms with Crippen molar-refractivity contribution in [2.24, 2.45) is 11.7 Å². The largest absolute Gasteiger partial charge is 0.330 e. The molecule has 1 heteroatoms. The van der Waals surface area contributed by atoms with Gasteiger partial charge in [0.25, 0.3) is 0 Å². The molecule has 0 aromatic carbocycles. The second-order valence-corrected chi connectivity index (χ2v) is 4.58. The monoisotopic (exact) mass is 211 g/mol. The van der Waals surface area contributed by atoms with Crippen LogP contribution in [0.1, 0.15) is 65.2 Å². The zero-order valence-electron chi connectivity index (χ0n) is 10.7. The Morgan fingerprint density at radius 2 is 1.73 bits per heavy atom. The summed E-state index contributed by atoms with van der Waals surface area (Å²) < 4.78 is 0. The summed E-state index contributed by atoms with van der Waals surface area (Å²) in [6, 6.07) is 0. The van der Waals surface area contributed by atoms with E-state index >= 15 is 0 Å². The van der Waals surface area contributed by atoms with E-state index in [-0.39, 0.29) is 0 Å². The minimum Gasteiger partial charge on any atom is -0.330 e. The standard InChI is InChI=1S/C14H29N/c1-3-4-5-6-7-8-11-14(2)12-9-10-13-15/h6-7,14H,3-5,8-13,15H2,1-2H3/b7-6-/t14-/m0/s1. The van der Waals surface area contributed by atoms with Crippen LogP contribution in [-0.4, -0.2) is 6.54 Å². The molecule has 0 bridgehead atoms. The summed E-state index contributed by atoms with van der Waals surface area (Å²) in [6.45, 7) is 5.45. The third-order valence-corrected chi connectivity index (χ3v) is 2.87. The van der Waals surface area contributed by atoms with Gasteiger partial charge in [-0.15, -0.1) is 0 Å². The van der Waals surface area contributed by atoms with Gasteiger partial charge >= 0.3 is 0 Å². The van der Waals surface area contributed by atoms with E-state index in [0.29, 0.717) is 0 Å². The molecular formula is C14H29N. The van der Waals surface area contributed by atoms with Crippen LogP contribution in [0, 0.1) is 5.92 Å². The van der Waals surface area contributed by atoms with Gasteiger partial charge in [-0.3, -0.25) is 0 Å². The normalized spacial score (nSPS) is 13.5. The maximum absolute atomic E-state index is 5.47. The fraction of sp³-hybridized carbons (Fsp3) is 0.857. The van der Waals surface area contributed by atoms with Crippen LogP contribution in [0.3, 0.4) is 0 Å². The van der Waals surface area contributed by atoms with Gasteiger partial charge in [0.1, 0.15) is 0 Å². The van der Waals surface area contributed by atoms with E-state index in [0.717, 1.165) is 12.5 Å². The first-order valence-electron chi connectivity index (χ1n) is 6.66. The van der Waals surface area contributed by atoms with Crippen molar-refractivity contribution in [3.05, 3.63) is 12.2 Å². The number of hydrogen-bond donors (Lipinski definition) is 1. The summed E-state index contributed by atoms with van der Waals surface area (Å²) in [7, 11) is 0. The molecule has 0 rings (SSSR count). The van der Waals surface area contributed by atoms with Gasteiger partial charge in [-0.1, -0.05) is 51.7 Å². The van der Waals surface area contributed by atoms with E-state index in [1.807, 2.05) is 0 Å². The lowest BCUT2D eigenvalue weighted by atomic mass is 9.98. The lowest BCUT2D eigenvalue weighted by Gasteiger charge is -2.08. The summed E-state index contributed by atoms with van der Waals surface area (Å²) in [6.07, 6.45) is 15.0. The van der Waals surface area contributed by atoms with Crippen LogP contribution < -0.4 is 5.73 Å². The predicted octanol–water partition coefficient (Wildman–Crippen LogP) is 4.28. The first-order valence-corrected chi connectivity index (χ1v) is 6.66. The predicted molar refractivity (Wildman–Crippen MR) is 70.0 cm³/mol. The highest BCUT2D eigenvalue weighted by Crippen LogP contribution is 2.14. The lowest BCUT2D eigenvalue weighted by molar-refractivity contribution is 0.471. The molecule has 2 N–H and O–H groups in total. The van der Waals surface area contributed by atoms with Crippen molar-refractivity contribution in [3.63, 3.8) is 0 Å². The molecule has 0 aliphatic rings. The number of allylic oxidation sites excluding steroid dienone is 2. The molecule has 0 aromatic rings. The smallest absolute Gasteiger partial charge is 0.00773 e. The minimum atomic E-state index is 0.851. The van der Waals surface area contributed by atoms with Gasteiger partial charge in [0.05, 0.1) is 0 Å². The molecule has 0 heterocycles. The van der Waals surface area contributed by atoms with Crippen LogP contribution in [-0.2, 0) is 0 Å². The average molecular weight is 211 g/mol. The Morgan fingerprint density at radius 3 is 2.40 bits per heavy atom. The summed E-state index contributed by atoms with van der Waals surface area (Å²) in [5.74, 6) is 0.868. The maximum Gasteiger partial charge on any atom is -0.00773 e. The van der Waals surface area contributed by atoms with Crippen molar-refractivity contribution in [1.82, 2.24) is 0 Å². The Bertz CT molecular complexity index is 140. The molecule has 0 fully saturated rings. The molecule has 90 valence electrons. The molecular weight excluding hydrogens is 182 g/mol. The maximum atomic E-state index is 5.47. The topological polar surface area (TPSA) is 26.0 Å². The van der Waals surface area contributed by atoms with E-state index in [2.05, 4.69) is 26.0 Å². The van der Waals surface area contributed by atoms with E-state index in [9.17, 15) is 0 Å². The minimum absolute atomic E-state index is 0.851. The Kier molecular flexibility index (Phi) is 11.5. The molecule has 0 aromatic heterocycles. The molecule has 0 amide bonds. The van der Waals surface area contributed by atoms with Gasteiger partial charge in [0.15, 0.2) is 0 Å². The van der Waals surface area contributed by atoms with Gasteiger partial charge in [-0.05, 0) is 38.1 Å². The molecule has 0 saturated heterocycles. The second-order valence-electron chi connectivity index (χ2n) is 4.58. The van der Waals surface area contributed by atoms with Gasteiger partial charge in [0.2, 0.25) is 0 Å². The van der Waals surface area contributed by atoms with Crippen LogP contribution in [0.25, 0.3) is 0 Å². The highest BCUT2D eigenvalue weighted by Gasteiger charge is 1.99. The summed E-state index contributed by atoms with van der Waals surface area (Å²) in [5.41, 5.74) is 5.47. The Hall–Kier alpha value is -0.300. The molecule has 0 unspecified atom stereocenters. The highest BCUT2D eigenvalue weighted by molar-refractivity contribution is 4.81. The van der Waals surface area contributed by atoms with E-state index in [4.69, 9.17) is 5.73 Å². The summed E-state index contributed by atoms with van der Waals surface area (Å²) in [5, 5.41) is 0. The van der Waals surface area contributed by atoms with Crippen molar-refractivity contribution in [3.8, 4) is 0 Å². The molecule has 0 spiro atoms. The first kappa shape index (κ1) is 14.7. The lowest BCUT2D eigenvalue weighted by Crippen LogP contribution is -2.00. The van der Waals surface area contributed by atoms with Gasteiger partial charge in [0, 0.05) is 0 Å². The van der Waals surface area contributed by atoms with Crippen LogP contribution in [0.5, 0.6) is 0 Å². The van der Waals surface area contributed by atoms with Crippen molar-refractivity contribution >= 4 is 0 Å². The molecule has 0 radical (unpaired) electrons. The van der Waals surface area contributed by atoms with Crippen molar-refractivity contribution in [2.45, 2.75) is 65.2 Å². The van der Waals surface area contributed by atoms with Crippen molar-refractivity contribution in [1.29, 1.82) is 0 Å². The molecule has 0 saturated carbocycles. The van der Waals surface area contributed by atoms with Crippen LogP contribution in [0.2, 0.25) is 0 Å². The first-order chi connectivity index (χ1) is 7.31. The van der Waals surface area contributed by atoms with E-state index < -0.39 is 0 Å². The highest BCUT2D eigenvalue weighted by atomic mass is 14.5. The second kappa shape index (κ2) is 11.8. The number of unbranched alkanes of at least 4 members (excludes halogenated alkanes) is 3. The Balaban J connectivity index is 3.22. The quantitative estimate of drug-likeness (QED) is 0.423. The summed E-state index contributed by atoms with van der Waals surface area (Å²) >= 11 is 0. The Labute approximate surface area is 96.1 Å². The van der Waals surface area contributed by atoms with Crippen LogP contribution in [0.15, 0.2) is 12.2 Å². The number of nitrogens with two attached hydrogens (primary N) is 1. The molecule has 0 aliphatic heterocycles. The zero-order valence-corrected chi connectivity index (χ0v) is 10.7. The van der Waals surface area contributed by atoms with E-state index in [1.165, 1.54) is 51.4 Å². The van der Waals surface area contributed by atoms with Crippen molar-refractivity contribution < 1.29 is 0 Å². The molecule has 1 atom stereocenters. The number of hydrogen-bond acceptors (Lipinski definition) is 1. The molecule has 1 nitrogen and oxygen atoms in total. The average Bonchev–Trinajstić information content (AvgIpc) is 2.23. The third-order valence-electron chi connectivity index (χ3n) is 2.87. The van der Waals surface area contributed by atoms with E-state index in [1.54, 1.807) is 0 Å². The zero-order chi connectivity index (χ0) is 11.4. The van der Waals surface area contributed by atoms with Gasteiger partial charge in [-0.2, -0.15) is 0 Å². The van der Waals surface area contributed by atoms with Gasteiger partial charge in [-0.25, -0.2) is 0 Å². The SMILES string of the molecule is CCCC/C=C\CC[C@H](C)CCCCN. The third kappa shape index (κ3) is 11.6.